The van der Waals surface area contributed by atoms with Gasteiger partial charge in [-0.2, -0.15) is 5.26 Å². The van der Waals surface area contributed by atoms with E-state index in [4.69, 9.17) is 21.6 Å². The molecule has 1 aromatic carbocycles. The number of ether oxygens (including phenoxy) is 1. The van der Waals surface area contributed by atoms with Crippen molar-refractivity contribution in [2.45, 2.75) is 5.92 Å². The van der Waals surface area contributed by atoms with Crippen LogP contribution in [0.5, 0.6) is 0 Å². The first kappa shape index (κ1) is 12.3. The molecule has 0 bridgehead atoms. The predicted octanol–water partition coefficient (Wildman–Crippen LogP) is 2.68. The third kappa shape index (κ3) is 3.11. The molecule has 1 atom stereocenters. The third-order valence-corrected chi connectivity index (χ3v) is 2.16. The van der Waals surface area contributed by atoms with Gasteiger partial charge >= 0.3 is 5.97 Å². The van der Waals surface area contributed by atoms with Gasteiger partial charge in [0.15, 0.2) is 5.92 Å². The quantitative estimate of drug-likeness (QED) is 0.596. The zero-order valence-corrected chi connectivity index (χ0v) is 9.28. The molecular formula is C12H10ClNO2. The van der Waals surface area contributed by atoms with Crippen LogP contribution in [0.4, 0.5) is 0 Å². The summed E-state index contributed by atoms with van der Waals surface area (Å²) in [5.74, 6) is -1.50. The molecule has 0 aliphatic rings. The number of nitrogens with zero attached hydrogens (tertiary/aromatic N) is 1. The third-order valence-electron chi connectivity index (χ3n) is 1.91. The van der Waals surface area contributed by atoms with Crippen LogP contribution in [-0.2, 0) is 9.53 Å². The fourth-order valence-corrected chi connectivity index (χ4v) is 1.27. The summed E-state index contributed by atoms with van der Waals surface area (Å²) in [7, 11) is 0. The number of esters is 1. The van der Waals surface area contributed by atoms with E-state index >= 15 is 0 Å². The van der Waals surface area contributed by atoms with E-state index in [1.165, 1.54) is 6.08 Å². The lowest BCUT2D eigenvalue weighted by Crippen LogP contribution is -2.14. The summed E-state index contributed by atoms with van der Waals surface area (Å²) in [6.07, 6.45) is 1.45. The molecule has 1 unspecified atom stereocenters. The molecule has 0 heterocycles. The Kier molecular flexibility index (Phi) is 4.56. The lowest BCUT2D eigenvalue weighted by molar-refractivity contribution is -0.142. The second kappa shape index (κ2) is 5.94. The number of benzene rings is 1. The highest BCUT2D eigenvalue weighted by Crippen LogP contribution is 2.19. The van der Waals surface area contributed by atoms with E-state index in [1.807, 2.05) is 6.07 Å². The molecule has 0 aromatic heterocycles. The van der Waals surface area contributed by atoms with Gasteiger partial charge < -0.3 is 4.74 Å². The zero-order valence-electron chi connectivity index (χ0n) is 8.52. The number of nitriles is 1. The molecule has 82 valence electrons. The number of rotatable bonds is 4. The smallest absolute Gasteiger partial charge is 0.328 e. The Morgan fingerprint density at radius 2 is 2.19 bits per heavy atom. The van der Waals surface area contributed by atoms with E-state index in [2.05, 4.69) is 6.58 Å². The number of carbonyl (C=O) groups is 1. The van der Waals surface area contributed by atoms with Gasteiger partial charge in [-0.05, 0) is 17.7 Å². The average molecular weight is 236 g/mol. The van der Waals surface area contributed by atoms with Crippen molar-refractivity contribution in [3.8, 4) is 6.07 Å². The molecule has 0 fully saturated rings. The van der Waals surface area contributed by atoms with Gasteiger partial charge in [-0.15, -0.1) is 0 Å². The van der Waals surface area contributed by atoms with Gasteiger partial charge in [0.2, 0.25) is 0 Å². The summed E-state index contributed by atoms with van der Waals surface area (Å²) in [5.41, 5.74) is 0.570. The highest BCUT2D eigenvalue weighted by molar-refractivity contribution is 6.30. The van der Waals surface area contributed by atoms with E-state index < -0.39 is 11.9 Å². The second-order valence-electron chi connectivity index (χ2n) is 3.03. The van der Waals surface area contributed by atoms with E-state index in [9.17, 15) is 4.79 Å². The molecule has 0 amide bonds. The lowest BCUT2D eigenvalue weighted by Gasteiger charge is -2.08. The first-order valence-corrected chi connectivity index (χ1v) is 4.99. The minimum atomic E-state index is -0.919. The summed E-state index contributed by atoms with van der Waals surface area (Å²) in [5, 5.41) is 9.46. The standard InChI is InChI=1S/C12H10ClNO2/c1-2-7-16-12(15)11(8-14)9-3-5-10(13)6-4-9/h2-6,11H,1,7H2. The van der Waals surface area contributed by atoms with Gasteiger partial charge in [0.05, 0.1) is 6.07 Å². The SMILES string of the molecule is C=CCOC(=O)C(C#N)c1ccc(Cl)cc1. The number of hydrogen-bond donors (Lipinski definition) is 0. The van der Waals surface area contributed by atoms with Crippen LogP contribution in [0.3, 0.4) is 0 Å². The Balaban J connectivity index is 2.82. The molecule has 0 saturated heterocycles. The number of hydrogen-bond acceptors (Lipinski definition) is 3. The van der Waals surface area contributed by atoms with E-state index in [1.54, 1.807) is 24.3 Å². The first-order chi connectivity index (χ1) is 7.69. The molecule has 4 heteroatoms. The molecule has 0 saturated carbocycles. The van der Waals surface area contributed by atoms with Crippen LogP contribution in [-0.4, -0.2) is 12.6 Å². The van der Waals surface area contributed by atoms with Crippen molar-refractivity contribution in [1.29, 1.82) is 5.26 Å². The molecule has 0 spiro atoms. The minimum absolute atomic E-state index is 0.102. The summed E-state index contributed by atoms with van der Waals surface area (Å²) in [6, 6.07) is 8.41. The van der Waals surface area contributed by atoms with Gasteiger partial charge in [0, 0.05) is 5.02 Å². The normalized spacial score (nSPS) is 11.2. The minimum Gasteiger partial charge on any atom is -0.460 e. The highest BCUT2D eigenvalue weighted by atomic mass is 35.5. The van der Waals surface area contributed by atoms with Crippen molar-refractivity contribution in [2.75, 3.05) is 6.61 Å². The van der Waals surface area contributed by atoms with E-state index in [-0.39, 0.29) is 6.61 Å². The van der Waals surface area contributed by atoms with Crippen molar-refractivity contribution in [3.63, 3.8) is 0 Å². The summed E-state index contributed by atoms with van der Waals surface area (Å²) in [6.45, 7) is 3.53. The van der Waals surface area contributed by atoms with Crippen LogP contribution >= 0.6 is 11.6 Å². The Morgan fingerprint density at radius 3 is 2.69 bits per heavy atom. The van der Waals surface area contributed by atoms with Crippen LogP contribution in [0.25, 0.3) is 0 Å². The van der Waals surface area contributed by atoms with Crippen molar-refractivity contribution < 1.29 is 9.53 Å². The van der Waals surface area contributed by atoms with Crippen molar-refractivity contribution in [2.24, 2.45) is 0 Å². The van der Waals surface area contributed by atoms with Crippen LogP contribution in [0.15, 0.2) is 36.9 Å². The molecule has 1 rings (SSSR count). The van der Waals surface area contributed by atoms with Crippen molar-refractivity contribution in [3.05, 3.63) is 47.5 Å². The molecular weight excluding hydrogens is 226 g/mol. The maximum Gasteiger partial charge on any atom is 0.328 e. The summed E-state index contributed by atoms with van der Waals surface area (Å²) in [4.78, 5) is 11.5. The van der Waals surface area contributed by atoms with Crippen LogP contribution < -0.4 is 0 Å². The van der Waals surface area contributed by atoms with Gasteiger partial charge in [-0.25, -0.2) is 0 Å². The molecule has 3 nitrogen and oxygen atoms in total. The number of carbonyl (C=O) groups excluding carboxylic acids is 1. The largest absolute Gasteiger partial charge is 0.460 e. The molecule has 1 aromatic rings. The monoisotopic (exact) mass is 235 g/mol. The Hall–Kier alpha value is -1.79. The Bertz CT molecular complexity index is 420. The Morgan fingerprint density at radius 1 is 1.56 bits per heavy atom. The maximum atomic E-state index is 11.5. The fraction of sp³-hybridized carbons (Fsp3) is 0.167. The average Bonchev–Trinajstić information content (AvgIpc) is 2.30. The molecule has 0 aliphatic heterocycles. The molecule has 0 N–H and O–H groups in total. The van der Waals surface area contributed by atoms with E-state index in [0.29, 0.717) is 10.6 Å². The van der Waals surface area contributed by atoms with Gasteiger partial charge in [-0.3, -0.25) is 4.79 Å². The second-order valence-corrected chi connectivity index (χ2v) is 3.47. The fourth-order valence-electron chi connectivity index (χ4n) is 1.14. The van der Waals surface area contributed by atoms with Crippen molar-refractivity contribution in [1.82, 2.24) is 0 Å². The first-order valence-electron chi connectivity index (χ1n) is 4.61. The van der Waals surface area contributed by atoms with Gasteiger partial charge in [0.25, 0.3) is 0 Å². The van der Waals surface area contributed by atoms with Crippen molar-refractivity contribution >= 4 is 17.6 Å². The van der Waals surface area contributed by atoms with Crippen LogP contribution in [0.2, 0.25) is 5.02 Å². The molecule has 0 aliphatic carbocycles. The lowest BCUT2D eigenvalue weighted by atomic mass is 10.0. The maximum absolute atomic E-state index is 11.5. The number of halogens is 1. The summed E-state index contributed by atoms with van der Waals surface area (Å²) < 4.78 is 4.82. The van der Waals surface area contributed by atoms with Gasteiger partial charge in [-0.1, -0.05) is 36.4 Å². The molecule has 16 heavy (non-hydrogen) atoms. The predicted molar refractivity (Wildman–Crippen MR) is 61.0 cm³/mol. The van der Waals surface area contributed by atoms with Crippen LogP contribution in [0.1, 0.15) is 11.5 Å². The van der Waals surface area contributed by atoms with Crippen LogP contribution in [0, 0.1) is 11.3 Å². The topological polar surface area (TPSA) is 50.1 Å². The Labute approximate surface area is 98.9 Å². The highest BCUT2D eigenvalue weighted by Gasteiger charge is 2.21. The zero-order chi connectivity index (χ0) is 12.0. The van der Waals surface area contributed by atoms with E-state index in [0.717, 1.165) is 0 Å². The summed E-state index contributed by atoms with van der Waals surface area (Å²) >= 11 is 5.71. The van der Waals surface area contributed by atoms with Gasteiger partial charge in [0.1, 0.15) is 6.61 Å². The molecule has 0 radical (unpaired) electrons.